The summed E-state index contributed by atoms with van der Waals surface area (Å²) >= 11 is 0. The van der Waals surface area contributed by atoms with Crippen LogP contribution in [0.2, 0.25) is 0 Å². The molecule has 3 aliphatic rings. The fourth-order valence-electron chi connectivity index (χ4n) is 4.95. The number of hydrogen-bond acceptors (Lipinski definition) is 11. The molecular formula is C28H44N8O9. The Bertz CT molecular complexity index is 1320. The van der Waals surface area contributed by atoms with Gasteiger partial charge in [-0.1, -0.05) is 0 Å². The van der Waals surface area contributed by atoms with E-state index in [9.17, 15) is 24.4 Å². The van der Waals surface area contributed by atoms with Gasteiger partial charge in [0, 0.05) is 19.6 Å². The molecule has 4 rings (SSSR count). The van der Waals surface area contributed by atoms with E-state index < -0.39 is 53.2 Å². The van der Waals surface area contributed by atoms with Crippen LogP contribution in [0.15, 0.2) is 9.41 Å². The first-order valence-electron chi connectivity index (χ1n) is 14.9. The Morgan fingerprint density at radius 1 is 0.956 bits per heavy atom. The third-order valence-electron chi connectivity index (χ3n) is 6.85. The van der Waals surface area contributed by atoms with Crippen LogP contribution in [0.3, 0.4) is 0 Å². The van der Waals surface area contributed by atoms with Crippen LogP contribution in [-0.2, 0) is 20.8 Å². The summed E-state index contributed by atoms with van der Waals surface area (Å²) in [7, 11) is 0. The van der Waals surface area contributed by atoms with Gasteiger partial charge in [0.2, 0.25) is 17.7 Å². The molecule has 2 unspecified atom stereocenters. The molecule has 0 saturated carbocycles. The van der Waals surface area contributed by atoms with Gasteiger partial charge in [0.15, 0.2) is 0 Å². The predicted molar refractivity (Wildman–Crippen MR) is 156 cm³/mol. The summed E-state index contributed by atoms with van der Waals surface area (Å²) in [6.45, 7) is 16.0. The third-order valence-corrected chi connectivity index (χ3v) is 6.85. The number of alkyl carbamates (subject to hydrolysis) is 1. The maximum Gasteiger partial charge on any atom is 0.437 e. The smallest absolute Gasteiger partial charge is 0.437 e. The Morgan fingerprint density at radius 3 is 2.18 bits per heavy atom. The molecule has 2 N–H and O–H groups in total. The normalized spacial score (nSPS) is 21.0. The van der Waals surface area contributed by atoms with E-state index in [1.54, 1.807) is 67.2 Å². The van der Waals surface area contributed by atoms with Gasteiger partial charge in [-0.25, -0.2) is 24.2 Å². The van der Waals surface area contributed by atoms with Crippen molar-refractivity contribution in [3.63, 3.8) is 0 Å². The average Bonchev–Trinajstić information content (AvgIpc) is 3.38. The van der Waals surface area contributed by atoms with E-state index in [1.165, 1.54) is 9.80 Å². The van der Waals surface area contributed by atoms with Gasteiger partial charge < -0.3 is 28.4 Å². The standard InChI is InChI=1S/C28H44N8O9/c1-26(2,3)43-22(37)29-21(30-23(38)44-27(4,5)6)33-12-17(13-33)34(25(40)45-28(7,8)9)15-19-31-32-20(42-19)18-11-10-16-14-35(18)24(39)36(16)41/h16-18,41H,10-15H2,1-9H3,(H,29,30,37,38). The zero-order valence-electron chi connectivity index (χ0n) is 27.3. The Balaban J connectivity index is 1.50. The van der Waals surface area contributed by atoms with Crippen LogP contribution in [-0.4, -0.2) is 114 Å². The third kappa shape index (κ3) is 8.73. The van der Waals surface area contributed by atoms with Crippen LogP contribution in [0, 0.1) is 0 Å². The van der Waals surface area contributed by atoms with Crippen LogP contribution in [0.1, 0.15) is 93.0 Å². The van der Waals surface area contributed by atoms with Crippen molar-refractivity contribution >= 4 is 30.3 Å². The van der Waals surface area contributed by atoms with Crippen molar-refractivity contribution in [2.75, 3.05) is 19.6 Å². The number of carbonyl (C=O) groups excluding carboxylic acids is 4. The maximum absolute atomic E-state index is 13.3. The minimum Gasteiger partial charge on any atom is -0.444 e. The number of guanidine groups is 1. The Kier molecular flexibility index (Phi) is 9.24. The second kappa shape index (κ2) is 12.3. The molecule has 0 aliphatic carbocycles. The van der Waals surface area contributed by atoms with Crippen molar-refractivity contribution in [3.8, 4) is 0 Å². The highest BCUT2D eigenvalue weighted by molar-refractivity contribution is 5.99. The van der Waals surface area contributed by atoms with E-state index in [0.29, 0.717) is 19.4 Å². The molecule has 3 fully saturated rings. The molecular weight excluding hydrogens is 592 g/mol. The summed E-state index contributed by atoms with van der Waals surface area (Å²) in [6.07, 6.45) is -1.25. The lowest BCUT2D eigenvalue weighted by atomic mass is 10.0. The number of nitrogens with zero attached hydrogens (tertiary/aromatic N) is 7. The lowest BCUT2D eigenvalue weighted by molar-refractivity contribution is -0.0584. The molecule has 2 bridgehead atoms. The minimum absolute atomic E-state index is 0.0947. The molecule has 0 aromatic carbocycles. The van der Waals surface area contributed by atoms with E-state index in [2.05, 4.69) is 20.5 Å². The first-order chi connectivity index (χ1) is 20.7. The van der Waals surface area contributed by atoms with Crippen LogP contribution >= 0.6 is 0 Å². The van der Waals surface area contributed by atoms with Gasteiger partial charge in [0.25, 0.3) is 0 Å². The molecule has 2 atom stereocenters. The Labute approximate surface area is 261 Å². The first kappa shape index (κ1) is 33.7. The summed E-state index contributed by atoms with van der Waals surface area (Å²) in [6, 6.07) is -1.74. The summed E-state index contributed by atoms with van der Waals surface area (Å²) < 4.78 is 22.2. The predicted octanol–water partition coefficient (Wildman–Crippen LogP) is 3.64. The van der Waals surface area contributed by atoms with Gasteiger partial charge in [-0.3, -0.25) is 15.4 Å². The maximum atomic E-state index is 13.3. The molecule has 5 amide bonds. The van der Waals surface area contributed by atoms with E-state index in [0.717, 1.165) is 5.06 Å². The van der Waals surface area contributed by atoms with Crippen LogP contribution in [0.5, 0.6) is 0 Å². The molecule has 0 radical (unpaired) electrons. The van der Waals surface area contributed by atoms with Gasteiger partial charge >= 0.3 is 24.3 Å². The number of aromatic nitrogens is 2. The molecule has 0 spiro atoms. The fraction of sp³-hybridized carbons (Fsp3) is 0.750. The number of hydroxylamine groups is 2. The molecule has 1 aromatic heterocycles. The number of amides is 5. The van der Waals surface area contributed by atoms with Gasteiger partial charge in [0.05, 0.1) is 12.1 Å². The van der Waals surface area contributed by atoms with Crippen molar-refractivity contribution in [2.45, 2.75) is 117 Å². The number of hydrogen-bond donors (Lipinski definition) is 2. The van der Waals surface area contributed by atoms with Crippen LogP contribution in [0.25, 0.3) is 0 Å². The number of likely N-dealkylation sites (tertiary alicyclic amines) is 1. The number of ether oxygens (including phenoxy) is 3. The molecule has 45 heavy (non-hydrogen) atoms. The molecule has 17 nitrogen and oxygen atoms in total. The highest BCUT2D eigenvalue weighted by Gasteiger charge is 2.47. The topological polar surface area (TPSA) is 192 Å². The molecule has 3 aliphatic heterocycles. The summed E-state index contributed by atoms with van der Waals surface area (Å²) in [5.74, 6) is 0.237. The summed E-state index contributed by atoms with van der Waals surface area (Å²) in [4.78, 5) is 59.4. The van der Waals surface area contributed by atoms with Gasteiger partial charge in [-0.05, 0) is 75.2 Å². The van der Waals surface area contributed by atoms with Crippen molar-refractivity contribution in [1.29, 1.82) is 0 Å². The number of fused-ring (bicyclic) bond motifs is 2. The number of aliphatic imine (C=N–C) groups is 1. The minimum atomic E-state index is -0.908. The van der Waals surface area contributed by atoms with Crippen LogP contribution < -0.4 is 5.32 Å². The number of rotatable bonds is 4. The summed E-state index contributed by atoms with van der Waals surface area (Å²) in [5, 5.41) is 21.5. The Morgan fingerprint density at radius 2 is 1.58 bits per heavy atom. The Hall–Kier alpha value is -4.15. The zero-order chi connectivity index (χ0) is 33.5. The van der Waals surface area contributed by atoms with Crippen molar-refractivity contribution in [2.24, 2.45) is 4.99 Å². The fourth-order valence-corrected chi connectivity index (χ4v) is 4.95. The average molecular weight is 637 g/mol. The van der Waals surface area contributed by atoms with E-state index >= 15 is 0 Å². The lowest BCUT2D eigenvalue weighted by Gasteiger charge is -2.45. The molecule has 3 saturated heterocycles. The molecule has 4 heterocycles. The largest absolute Gasteiger partial charge is 0.444 e. The SMILES string of the molecule is CC(C)(C)OC(=O)N=C(NC(=O)OC(C)(C)C)N1CC(N(Cc2nnc(C3CCC4CN3C(=O)N4O)o2)C(=O)OC(C)(C)C)C1. The number of urea groups is 1. The van der Waals surface area contributed by atoms with Crippen molar-refractivity contribution < 1.29 is 43.0 Å². The highest BCUT2D eigenvalue weighted by Crippen LogP contribution is 2.37. The van der Waals surface area contributed by atoms with Crippen molar-refractivity contribution in [3.05, 3.63) is 11.8 Å². The second-order valence-corrected chi connectivity index (χ2v) is 14.3. The number of carbonyl (C=O) groups is 4. The first-order valence-corrected chi connectivity index (χ1v) is 14.9. The van der Waals surface area contributed by atoms with Gasteiger partial charge in [-0.2, -0.15) is 0 Å². The quantitative estimate of drug-likeness (QED) is 0.211. The number of nitrogens with one attached hydrogen (secondary N) is 1. The van der Waals surface area contributed by atoms with Gasteiger partial charge in [0.1, 0.15) is 29.4 Å². The van der Waals surface area contributed by atoms with Gasteiger partial charge in [-0.15, -0.1) is 15.2 Å². The van der Waals surface area contributed by atoms with E-state index in [1.807, 2.05) is 0 Å². The highest BCUT2D eigenvalue weighted by atomic mass is 16.6. The van der Waals surface area contributed by atoms with Crippen molar-refractivity contribution in [1.82, 2.24) is 35.3 Å². The number of piperidine rings is 1. The van der Waals surface area contributed by atoms with Crippen LogP contribution in [0.4, 0.5) is 19.2 Å². The molecule has 250 valence electrons. The lowest BCUT2D eigenvalue weighted by Crippen LogP contribution is -2.65. The zero-order valence-corrected chi connectivity index (χ0v) is 27.3. The van der Waals surface area contributed by atoms with E-state index in [-0.39, 0.29) is 43.4 Å². The second-order valence-electron chi connectivity index (χ2n) is 14.3. The molecule has 1 aromatic rings. The van der Waals surface area contributed by atoms with E-state index in [4.69, 9.17) is 18.6 Å². The summed E-state index contributed by atoms with van der Waals surface area (Å²) in [5.41, 5.74) is -2.41. The monoisotopic (exact) mass is 636 g/mol. The molecule has 17 heteroatoms.